The molecule has 6 nitrogen and oxygen atoms in total. The fourth-order valence-electron chi connectivity index (χ4n) is 2.95. The number of anilines is 1. The molecule has 0 atom stereocenters. The van der Waals surface area contributed by atoms with Crippen molar-refractivity contribution in [3.05, 3.63) is 54.1 Å². The van der Waals surface area contributed by atoms with E-state index in [-0.39, 0.29) is 5.82 Å². The molecule has 6 heteroatoms. The number of nitriles is 1. The lowest BCUT2D eigenvalue weighted by molar-refractivity contribution is 0.340. The molecular weight excluding hydrogens is 354 g/mol. The van der Waals surface area contributed by atoms with E-state index in [0.717, 1.165) is 16.9 Å². The summed E-state index contributed by atoms with van der Waals surface area (Å²) in [7, 11) is 3.16. The molecule has 0 fully saturated rings. The van der Waals surface area contributed by atoms with Crippen LogP contribution in [0.15, 0.2) is 48.5 Å². The Morgan fingerprint density at radius 1 is 0.964 bits per heavy atom. The van der Waals surface area contributed by atoms with Gasteiger partial charge < -0.3 is 19.9 Å². The van der Waals surface area contributed by atoms with Crippen molar-refractivity contribution in [3.63, 3.8) is 0 Å². The van der Waals surface area contributed by atoms with Gasteiger partial charge in [-0.25, -0.2) is 4.98 Å². The van der Waals surface area contributed by atoms with E-state index in [9.17, 15) is 5.26 Å². The van der Waals surface area contributed by atoms with Gasteiger partial charge in [0.1, 0.15) is 23.2 Å². The summed E-state index contributed by atoms with van der Waals surface area (Å²) in [4.78, 5) is 4.41. The molecule has 0 radical (unpaired) electrons. The Labute approximate surface area is 164 Å². The fourth-order valence-corrected chi connectivity index (χ4v) is 2.95. The first-order valence-corrected chi connectivity index (χ1v) is 8.77. The third kappa shape index (κ3) is 3.69. The highest BCUT2D eigenvalue weighted by Gasteiger charge is 2.15. The molecule has 1 heterocycles. The molecule has 0 aliphatic heterocycles. The molecule has 0 saturated heterocycles. The van der Waals surface area contributed by atoms with Crippen LogP contribution in [0.3, 0.4) is 0 Å². The Bertz CT molecular complexity index is 1020. The second kappa shape index (κ2) is 8.31. The summed E-state index contributed by atoms with van der Waals surface area (Å²) in [5.41, 5.74) is 9.45. The van der Waals surface area contributed by atoms with Gasteiger partial charge in [-0.3, -0.25) is 0 Å². The molecule has 0 amide bonds. The number of hydrogen-bond donors (Lipinski definition) is 1. The molecule has 0 spiro atoms. The predicted molar refractivity (Wildman–Crippen MR) is 109 cm³/mol. The van der Waals surface area contributed by atoms with Crippen molar-refractivity contribution in [2.24, 2.45) is 0 Å². The van der Waals surface area contributed by atoms with Crippen LogP contribution in [0.2, 0.25) is 0 Å². The third-order valence-corrected chi connectivity index (χ3v) is 4.31. The molecule has 3 rings (SSSR count). The number of rotatable bonds is 6. The smallest absolute Gasteiger partial charge is 0.161 e. The van der Waals surface area contributed by atoms with Crippen LogP contribution in [0, 0.1) is 11.3 Å². The van der Waals surface area contributed by atoms with Gasteiger partial charge in [0, 0.05) is 11.1 Å². The number of hydrogen-bond acceptors (Lipinski definition) is 6. The van der Waals surface area contributed by atoms with E-state index in [1.807, 2.05) is 49.4 Å². The molecule has 0 unspecified atom stereocenters. The lowest BCUT2D eigenvalue weighted by Crippen LogP contribution is -2.00. The van der Waals surface area contributed by atoms with Crippen molar-refractivity contribution in [1.82, 2.24) is 4.98 Å². The number of ether oxygens (including phenoxy) is 3. The number of nitrogen functional groups attached to an aromatic ring is 1. The second-order valence-corrected chi connectivity index (χ2v) is 5.95. The maximum atomic E-state index is 9.58. The van der Waals surface area contributed by atoms with E-state index in [2.05, 4.69) is 11.1 Å². The Morgan fingerprint density at radius 2 is 1.64 bits per heavy atom. The Hall–Kier alpha value is -3.72. The highest BCUT2D eigenvalue weighted by molar-refractivity contribution is 5.80. The van der Waals surface area contributed by atoms with Crippen molar-refractivity contribution in [2.75, 3.05) is 26.6 Å². The van der Waals surface area contributed by atoms with Crippen LogP contribution in [0.5, 0.6) is 17.2 Å². The molecule has 2 aromatic carbocycles. The van der Waals surface area contributed by atoms with Crippen LogP contribution in [-0.4, -0.2) is 25.8 Å². The standard InChI is InChI=1S/C22H21N3O3/c1-4-28-16-8-5-14(6-9-16)17-12-19(25-22(24)18(17)13-23)15-7-10-20(26-2)21(11-15)27-3/h5-12H,4H2,1-3H3,(H2,24,25). The normalized spacial score (nSPS) is 10.2. The molecule has 0 aliphatic carbocycles. The zero-order chi connectivity index (χ0) is 20.1. The van der Waals surface area contributed by atoms with E-state index in [1.165, 1.54) is 0 Å². The predicted octanol–water partition coefficient (Wildman–Crippen LogP) is 4.29. The highest BCUT2D eigenvalue weighted by atomic mass is 16.5. The summed E-state index contributed by atoms with van der Waals surface area (Å²) < 4.78 is 16.2. The Kier molecular flexibility index (Phi) is 5.66. The monoisotopic (exact) mass is 375 g/mol. The van der Waals surface area contributed by atoms with E-state index in [1.54, 1.807) is 20.3 Å². The number of benzene rings is 2. The number of pyridine rings is 1. The largest absolute Gasteiger partial charge is 0.494 e. The van der Waals surface area contributed by atoms with Crippen LogP contribution >= 0.6 is 0 Å². The number of methoxy groups -OCH3 is 2. The maximum Gasteiger partial charge on any atom is 0.161 e. The summed E-state index contributed by atoms with van der Waals surface area (Å²) >= 11 is 0. The van der Waals surface area contributed by atoms with Crippen LogP contribution in [0.25, 0.3) is 22.4 Å². The van der Waals surface area contributed by atoms with E-state index >= 15 is 0 Å². The molecule has 28 heavy (non-hydrogen) atoms. The molecule has 2 N–H and O–H groups in total. The van der Waals surface area contributed by atoms with Gasteiger partial charge in [-0.2, -0.15) is 5.26 Å². The minimum Gasteiger partial charge on any atom is -0.494 e. The first kappa shape index (κ1) is 19.1. The van der Waals surface area contributed by atoms with Gasteiger partial charge in [0.15, 0.2) is 11.5 Å². The molecule has 0 bridgehead atoms. The van der Waals surface area contributed by atoms with Gasteiger partial charge >= 0.3 is 0 Å². The van der Waals surface area contributed by atoms with Gasteiger partial charge in [0.05, 0.1) is 26.5 Å². The summed E-state index contributed by atoms with van der Waals surface area (Å²) in [5, 5.41) is 9.58. The fraction of sp³-hybridized carbons (Fsp3) is 0.182. The summed E-state index contributed by atoms with van der Waals surface area (Å²) in [6.07, 6.45) is 0. The molecular formula is C22H21N3O3. The average molecular weight is 375 g/mol. The quantitative estimate of drug-likeness (QED) is 0.691. The molecule has 0 saturated carbocycles. The number of nitrogens with zero attached hydrogens (tertiary/aromatic N) is 2. The number of nitrogens with two attached hydrogens (primary N) is 1. The first-order chi connectivity index (χ1) is 13.6. The summed E-state index contributed by atoms with van der Waals surface area (Å²) in [6, 6.07) is 17.1. The van der Waals surface area contributed by atoms with Crippen molar-refractivity contribution >= 4 is 5.82 Å². The molecule has 142 valence electrons. The van der Waals surface area contributed by atoms with Crippen molar-refractivity contribution in [1.29, 1.82) is 5.26 Å². The van der Waals surface area contributed by atoms with Gasteiger partial charge in [-0.1, -0.05) is 12.1 Å². The molecule has 3 aromatic rings. The van der Waals surface area contributed by atoms with Crippen LogP contribution in [-0.2, 0) is 0 Å². The lowest BCUT2D eigenvalue weighted by Gasteiger charge is -2.13. The molecule has 1 aromatic heterocycles. The Balaban J connectivity index is 2.12. The zero-order valence-electron chi connectivity index (χ0n) is 16.0. The maximum absolute atomic E-state index is 9.58. The van der Waals surface area contributed by atoms with E-state index in [4.69, 9.17) is 19.9 Å². The van der Waals surface area contributed by atoms with E-state index in [0.29, 0.717) is 34.9 Å². The van der Waals surface area contributed by atoms with Gasteiger partial charge in [0.2, 0.25) is 0 Å². The second-order valence-electron chi connectivity index (χ2n) is 5.95. The highest BCUT2D eigenvalue weighted by Crippen LogP contribution is 2.35. The van der Waals surface area contributed by atoms with Gasteiger partial charge in [-0.15, -0.1) is 0 Å². The topological polar surface area (TPSA) is 90.4 Å². The minimum absolute atomic E-state index is 0.179. The van der Waals surface area contributed by atoms with Crippen molar-refractivity contribution < 1.29 is 14.2 Å². The van der Waals surface area contributed by atoms with Crippen LogP contribution in [0.4, 0.5) is 5.82 Å². The summed E-state index contributed by atoms with van der Waals surface area (Å²) in [6.45, 7) is 2.52. The first-order valence-electron chi connectivity index (χ1n) is 8.77. The van der Waals surface area contributed by atoms with Crippen molar-refractivity contribution in [2.45, 2.75) is 6.92 Å². The lowest BCUT2D eigenvalue weighted by atomic mass is 9.98. The SMILES string of the molecule is CCOc1ccc(-c2cc(-c3ccc(OC)c(OC)c3)nc(N)c2C#N)cc1. The van der Waals surface area contributed by atoms with Gasteiger partial charge in [-0.05, 0) is 48.9 Å². The number of aromatic nitrogens is 1. The van der Waals surface area contributed by atoms with Gasteiger partial charge in [0.25, 0.3) is 0 Å². The third-order valence-electron chi connectivity index (χ3n) is 4.31. The van der Waals surface area contributed by atoms with E-state index < -0.39 is 0 Å². The molecule has 0 aliphatic rings. The van der Waals surface area contributed by atoms with Crippen LogP contribution in [0.1, 0.15) is 12.5 Å². The van der Waals surface area contributed by atoms with Crippen molar-refractivity contribution in [3.8, 4) is 45.7 Å². The average Bonchev–Trinajstić information content (AvgIpc) is 2.73. The zero-order valence-corrected chi connectivity index (χ0v) is 16.0. The summed E-state index contributed by atoms with van der Waals surface area (Å²) in [5.74, 6) is 2.16. The van der Waals surface area contributed by atoms with Crippen LogP contribution < -0.4 is 19.9 Å². The Morgan fingerprint density at radius 3 is 2.25 bits per heavy atom. The minimum atomic E-state index is 0.179.